The monoisotopic (exact) mass is 296 g/mol. The molecule has 1 aliphatic heterocycles. The molecule has 2 rings (SSSR count). The molecule has 0 unspecified atom stereocenters. The van der Waals surface area contributed by atoms with Crippen LogP contribution in [0, 0.1) is 0 Å². The van der Waals surface area contributed by atoms with Gasteiger partial charge in [0.1, 0.15) is 0 Å². The topological polar surface area (TPSA) is 161 Å². The van der Waals surface area contributed by atoms with Crippen LogP contribution in [0.1, 0.15) is 18.7 Å². The van der Waals surface area contributed by atoms with Gasteiger partial charge in [0.15, 0.2) is 11.5 Å². The Morgan fingerprint density at radius 3 is 2.67 bits per heavy atom. The normalized spacial score (nSPS) is 15.5. The van der Waals surface area contributed by atoms with Gasteiger partial charge >= 0.3 is 7.12 Å². The van der Waals surface area contributed by atoms with Gasteiger partial charge in [-0.2, -0.15) is 0 Å². The van der Waals surface area contributed by atoms with E-state index in [2.05, 4.69) is 10.2 Å². The summed E-state index contributed by atoms with van der Waals surface area (Å²) in [6.07, 6.45) is 0.246. The van der Waals surface area contributed by atoms with Crippen molar-refractivity contribution in [2.24, 2.45) is 11.5 Å². The maximum absolute atomic E-state index is 12.2. The van der Waals surface area contributed by atoms with Gasteiger partial charge in [0.25, 0.3) is 0 Å². The lowest BCUT2D eigenvalue weighted by atomic mass is 9.90. The fourth-order valence-corrected chi connectivity index (χ4v) is 2.22. The van der Waals surface area contributed by atoms with E-state index >= 15 is 0 Å². The van der Waals surface area contributed by atoms with Crippen LogP contribution < -0.4 is 17.2 Å². The maximum atomic E-state index is 12.2. The lowest BCUT2D eigenvalue weighted by molar-refractivity contribution is -0.134. The zero-order valence-corrected chi connectivity index (χ0v) is 11.3. The van der Waals surface area contributed by atoms with Crippen LogP contribution in [0.25, 0.3) is 0 Å². The van der Waals surface area contributed by atoms with E-state index in [1.54, 1.807) is 4.57 Å². The summed E-state index contributed by atoms with van der Waals surface area (Å²) in [6.45, 7) is 0.889. The molecule has 1 aromatic rings. The standard InChI is InChI=1S/C10H17BN6O4/c12-6(1-2-7(13)18)9(19)16-3-4-17-8(5-16)14-15-10(17)11(20)21/h6,20-21H,1-5,12H2,(H2,13,18)/t6-/m0/s1. The highest BCUT2D eigenvalue weighted by atomic mass is 16.4. The van der Waals surface area contributed by atoms with Crippen LogP contribution in [0.3, 0.4) is 0 Å². The van der Waals surface area contributed by atoms with Crippen molar-refractivity contribution in [3.8, 4) is 0 Å². The van der Waals surface area contributed by atoms with Crippen LogP contribution in [0.5, 0.6) is 0 Å². The first-order chi connectivity index (χ1) is 9.90. The molecule has 114 valence electrons. The van der Waals surface area contributed by atoms with E-state index in [9.17, 15) is 9.59 Å². The van der Waals surface area contributed by atoms with Crippen molar-refractivity contribution in [3.05, 3.63) is 5.82 Å². The van der Waals surface area contributed by atoms with Crippen molar-refractivity contribution in [1.82, 2.24) is 19.7 Å². The summed E-state index contributed by atoms with van der Waals surface area (Å²) in [5.74, 6) is -0.338. The molecule has 11 heteroatoms. The second-order valence-corrected chi connectivity index (χ2v) is 4.87. The smallest absolute Gasteiger partial charge is 0.421 e. The Kier molecular flexibility index (Phi) is 4.55. The predicted molar refractivity (Wildman–Crippen MR) is 71.7 cm³/mol. The summed E-state index contributed by atoms with van der Waals surface area (Å²) in [6, 6.07) is -0.796. The number of amides is 2. The van der Waals surface area contributed by atoms with E-state index in [1.165, 1.54) is 4.90 Å². The van der Waals surface area contributed by atoms with Gasteiger partial charge in [-0.05, 0) is 6.42 Å². The SMILES string of the molecule is NC(=O)CC[C@H](N)C(=O)N1CCn2c(nnc2B(O)O)C1. The molecule has 21 heavy (non-hydrogen) atoms. The molecular weight excluding hydrogens is 279 g/mol. The van der Waals surface area contributed by atoms with Gasteiger partial charge in [0.2, 0.25) is 11.8 Å². The fourth-order valence-electron chi connectivity index (χ4n) is 2.22. The first-order valence-electron chi connectivity index (χ1n) is 6.51. The van der Waals surface area contributed by atoms with Crippen LogP contribution in [0.4, 0.5) is 0 Å². The van der Waals surface area contributed by atoms with Crippen LogP contribution in [-0.4, -0.2) is 61.2 Å². The van der Waals surface area contributed by atoms with Crippen molar-refractivity contribution in [2.45, 2.75) is 32.0 Å². The molecule has 0 spiro atoms. The molecule has 10 nitrogen and oxygen atoms in total. The molecule has 0 saturated carbocycles. The van der Waals surface area contributed by atoms with Crippen molar-refractivity contribution in [1.29, 1.82) is 0 Å². The molecule has 0 fully saturated rings. The zero-order valence-electron chi connectivity index (χ0n) is 11.3. The minimum absolute atomic E-state index is 0.0510. The molecular formula is C10H17BN6O4. The Balaban J connectivity index is 2.01. The average Bonchev–Trinajstić information content (AvgIpc) is 2.86. The number of primary amides is 1. The molecule has 2 amide bonds. The summed E-state index contributed by atoms with van der Waals surface area (Å²) in [5.41, 5.74) is 10.8. The average molecular weight is 296 g/mol. The molecule has 0 aromatic carbocycles. The Morgan fingerprint density at radius 2 is 2.05 bits per heavy atom. The largest absolute Gasteiger partial charge is 0.528 e. The third-order valence-corrected chi connectivity index (χ3v) is 3.34. The number of aromatic nitrogens is 3. The minimum atomic E-state index is -1.70. The summed E-state index contributed by atoms with van der Waals surface area (Å²) in [4.78, 5) is 24.4. The first-order valence-corrected chi connectivity index (χ1v) is 6.51. The number of rotatable bonds is 5. The van der Waals surface area contributed by atoms with E-state index in [-0.39, 0.29) is 31.0 Å². The molecule has 0 aliphatic carbocycles. The van der Waals surface area contributed by atoms with Crippen LogP contribution in [-0.2, 0) is 22.7 Å². The molecule has 0 radical (unpaired) electrons. The molecule has 1 atom stereocenters. The number of hydrogen-bond acceptors (Lipinski definition) is 7. The molecule has 6 N–H and O–H groups in total. The van der Waals surface area contributed by atoms with Gasteiger partial charge in [-0.1, -0.05) is 0 Å². The maximum Gasteiger partial charge on any atom is 0.528 e. The number of nitrogens with zero attached hydrogens (tertiary/aromatic N) is 4. The van der Waals surface area contributed by atoms with Gasteiger partial charge in [0, 0.05) is 19.5 Å². The number of carbonyl (C=O) groups is 2. The Morgan fingerprint density at radius 1 is 1.33 bits per heavy atom. The van der Waals surface area contributed by atoms with E-state index in [4.69, 9.17) is 21.5 Å². The second kappa shape index (κ2) is 6.20. The minimum Gasteiger partial charge on any atom is -0.421 e. The van der Waals surface area contributed by atoms with Crippen LogP contribution >= 0.6 is 0 Å². The quantitative estimate of drug-likeness (QED) is 0.401. The molecule has 0 bridgehead atoms. The van der Waals surface area contributed by atoms with Crippen molar-refractivity contribution in [3.63, 3.8) is 0 Å². The van der Waals surface area contributed by atoms with Gasteiger partial charge in [-0.15, -0.1) is 10.2 Å². The molecule has 1 aliphatic rings. The predicted octanol–water partition coefficient (Wildman–Crippen LogP) is -4.11. The number of carbonyl (C=O) groups excluding carboxylic acids is 2. The van der Waals surface area contributed by atoms with Gasteiger partial charge in [0.05, 0.1) is 12.6 Å². The van der Waals surface area contributed by atoms with Gasteiger partial charge in [-0.3, -0.25) is 9.59 Å². The van der Waals surface area contributed by atoms with E-state index in [1.807, 2.05) is 0 Å². The fraction of sp³-hybridized carbons (Fsp3) is 0.600. The number of nitrogens with two attached hydrogens (primary N) is 2. The summed E-state index contributed by atoms with van der Waals surface area (Å²) in [5, 5.41) is 25.8. The Hall–Kier alpha value is -1.98. The highest BCUT2D eigenvalue weighted by molar-refractivity contribution is 6.56. The van der Waals surface area contributed by atoms with E-state index in [0.29, 0.717) is 18.9 Å². The summed E-state index contributed by atoms with van der Waals surface area (Å²) < 4.78 is 1.56. The first kappa shape index (κ1) is 15.4. The third kappa shape index (κ3) is 3.38. The van der Waals surface area contributed by atoms with E-state index < -0.39 is 19.1 Å². The number of fused-ring (bicyclic) bond motifs is 1. The van der Waals surface area contributed by atoms with Crippen molar-refractivity contribution >= 4 is 24.7 Å². The van der Waals surface area contributed by atoms with Crippen molar-refractivity contribution in [2.75, 3.05) is 6.54 Å². The van der Waals surface area contributed by atoms with Crippen LogP contribution in [0.2, 0.25) is 0 Å². The lowest BCUT2D eigenvalue weighted by Gasteiger charge is -2.29. The molecule has 1 aromatic heterocycles. The zero-order chi connectivity index (χ0) is 15.6. The highest BCUT2D eigenvalue weighted by Gasteiger charge is 2.30. The molecule has 0 saturated heterocycles. The lowest BCUT2D eigenvalue weighted by Crippen LogP contribution is -2.49. The highest BCUT2D eigenvalue weighted by Crippen LogP contribution is 2.11. The van der Waals surface area contributed by atoms with Gasteiger partial charge in [-0.25, -0.2) is 0 Å². The van der Waals surface area contributed by atoms with Gasteiger partial charge < -0.3 is 31.0 Å². The number of hydrogen-bond donors (Lipinski definition) is 4. The van der Waals surface area contributed by atoms with Crippen LogP contribution in [0.15, 0.2) is 0 Å². The van der Waals surface area contributed by atoms with Crippen molar-refractivity contribution < 1.29 is 19.6 Å². The Bertz CT molecular complexity index is 548. The third-order valence-electron chi connectivity index (χ3n) is 3.34. The summed E-state index contributed by atoms with van der Waals surface area (Å²) in [7, 11) is -1.70. The summed E-state index contributed by atoms with van der Waals surface area (Å²) >= 11 is 0. The second-order valence-electron chi connectivity index (χ2n) is 4.87. The Labute approximate surface area is 120 Å². The molecule has 2 heterocycles. The van der Waals surface area contributed by atoms with E-state index in [0.717, 1.165) is 0 Å².